The molecule has 0 aliphatic carbocycles. The molecule has 1 heterocycles. The molecular formula is C33H13BF15N3O. The number of para-hydroxylation sites is 1. The van der Waals surface area contributed by atoms with Gasteiger partial charge in [0.05, 0.1) is 0 Å². The van der Waals surface area contributed by atoms with E-state index in [4.69, 9.17) is 4.65 Å². The summed E-state index contributed by atoms with van der Waals surface area (Å²) in [4.78, 5) is 0. The van der Waals surface area contributed by atoms with Crippen molar-refractivity contribution in [2.45, 2.75) is 6.92 Å². The third-order valence-electron chi connectivity index (χ3n) is 8.20. The Balaban J connectivity index is 1.86. The van der Waals surface area contributed by atoms with Crippen molar-refractivity contribution in [2.75, 3.05) is 0 Å². The van der Waals surface area contributed by atoms with Crippen LogP contribution in [0.4, 0.5) is 65.9 Å². The van der Waals surface area contributed by atoms with E-state index in [1.165, 1.54) is 19.1 Å². The van der Waals surface area contributed by atoms with E-state index in [2.05, 4.69) is 5.10 Å². The maximum atomic E-state index is 15.9. The van der Waals surface area contributed by atoms with Crippen molar-refractivity contribution < 1.29 is 75.1 Å². The Morgan fingerprint density at radius 3 is 1.28 bits per heavy atom. The Bertz CT molecular complexity index is 2220. The van der Waals surface area contributed by atoms with Gasteiger partial charge in [0.1, 0.15) is 52.0 Å². The normalized spacial score (nSPS) is 11.8. The molecule has 6 rings (SSSR count). The van der Waals surface area contributed by atoms with E-state index >= 15 is 26.3 Å². The van der Waals surface area contributed by atoms with Gasteiger partial charge >= 0.3 is 0 Å². The highest BCUT2D eigenvalue weighted by Crippen LogP contribution is 2.32. The van der Waals surface area contributed by atoms with Gasteiger partial charge in [0.15, 0.2) is 52.4 Å². The van der Waals surface area contributed by atoms with Crippen molar-refractivity contribution >= 4 is 22.7 Å². The average molecular weight is 763 g/mol. The smallest absolute Gasteiger partial charge is 0.270 e. The van der Waals surface area contributed by atoms with Crippen molar-refractivity contribution in [1.29, 1.82) is 0 Å². The van der Waals surface area contributed by atoms with E-state index < -0.39 is 121 Å². The van der Waals surface area contributed by atoms with Gasteiger partial charge in [-0.3, -0.25) is 0 Å². The van der Waals surface area contributed by atoms with Gasteiger partial charge < -0.3 is 4.65 Å². The van der Waals surface area contributed by atoms with Gasteiger partial charge in [-0.25, -0.2) is 65.9 Å². The second-order valence-corrected chi connectivity index (χ2v) is 11.3. The topological polar surface area (TPSA) is 30.9 Å². The summed E-state index contributed by atoms with van der Waals surface area (Å²) in [6.45, 7) is 1.37. The van der Waals surface area contributed by atoms with E-state index in [0.717, 1.165) is 34.0 Å². The minimum absolute atomic E-state index is 0.203. The Labute approximate surface area is 285 Å². The molecule has 4 nitrogen and oxygen atoms in total. The van der Waals surface area contributed by atoms with Crippen molar-refractivity contribution in [3.05, 3.63) is 154 Å². The molecule has 0 N–H and O–H groups in total. The van der Waals surface area contributed by atoms with Crippen LogP contribution in [0.3, 0.4) is 0 Å². The molecule has 0 saturated heterocycles. The van der Waals surface area contributed by atoms with Crippen molar-refractivity contribution in [2.24, 2.45) is 0 Å². The molecule has 0 fully saturated rings. The lowest BCUT2D eigenvalue weighted by Crippen LogP contribution is -2.77. The second-order valence-electron chi connectivity index (χ2n) is 11.3. The van der Waals surface area contributed by atoms with Crippen LogP contribution < -0.4 is 25.6 Å². The quantitative estimate of drug-likeness (QED) is 0.0605. The summed E-state index contributed by atoms with van der Waals surface area (Å²) >= 11 is 0. The van der Waals surface area contributed by atoms with Crippen molar-refractivity contribution in [1.82, 2.24) is 9.78 Å². The third kappa shape index (κ3) is 5.54. The SMILES string of the molecule is Cc1ccc(O[B-](c2c(F)c(F)c(F)c(F)c2F)(c2c(F)c(F)c(F)c(F)c2F)c2c(F)c(F)c(F)c(F)c2F)c(-[n+]2cnn(-c3ccccc3)c2)c1. The zero-order valence-corrected chi connectivity index (χ0v) is 25.8. The number of rotatable bonds is 7. The predicted molar refractivity (Wildman–Crippen MR) is 154 cm³/mol. The average Bonchev–Trinajstić information content (AvgIpc) is 3.64. The number of benzene rings is 5. The zero-order valence-electron chi connectivity index (χ0n) is 25.8. The number of aryl methyl sites for hydroxylation is 1. The maximum Gasteiger partial charge on any atom is 0.270 e. The van der Waals surface area contributed by atoms with Crippen LogP contribution in [-0.4, -0.2) is 16.1 Å². The van der Waals surface area contributed by atoms with Gasteiger partial charge in [-0.1, -0.05) is 45.3 Å². The van der Waals surface area contributed by atoms with Crippen molar-refractivity contribution in [3.63, 3.8) is 0 Å². The highest BCUT2D eigenvalue weighted by atomic mass is 19.2. The summed E-state index contributed by atoms with van der Waals surface area (Å²) in [5, 5.41) is 4.03. The van der Waals surface area contributed by atoms with Crippen LogP contribution in [0.1, 0.15) is 5.56 Å². The number of aromatic nitrogens is 3. The first-order valence-electron chi connectivity index (χ1n) is 14.5. The van der Waals surface area contributed by atoms with Gasteiger partial charge in [-0.05, 0) is 36.8 Å². The van der Waals surface area contributed by atoms with Gasteiger partial charge in [0, 0.05) is 5.10 Å². The molecule has 53 heavy (non-hydrogen) atoms. The van der Waals surface area contributed by atoms with Gasteiger partial charge in [-0.2, -0.15) is 4.57 Å². The Hall–Kier alpha value is -5.95. The molecule has 5 aromatic carbocycles. The molecule has 0 amide bonds. The number of hydrogen-bond donors (Lipinski definition) is 0. The fourth-order valence-electron chi connectivity index (χ4n) is 5.79. The van der Waals surface area contributed by atoms with E-state index in [0.29, 0.717) is 11.8 Å². The summed E-state index contributed by atoms with van der Waals surface area (Å²) in [7, 11) is 0. The fourth-order valence-corrected chi connectivity index (χ4v) is 5.79. The fraction of sp³-hybridized carbons (Fsp3) is 0.0303. The largest absolute Gasteiger partial charge is 0.700 e. The lowest BCUT2D eigenvalue weighted by molar-refractivity contribution is -0.596. The Kier molecular flexibility index (Phi) is 9.20. The standard InChI is InChI=1S/C33H13BF15N3O/c1-12-7-8-15(14(9-12)51-10-50-52(11-51)13-5-3-2-4-6-13)53-34(16-19(35)25(41)31(47)26(42)20(16)36,17-21(37)27(43)32(48)28(44)22(17)38)18-23(39)29(45)33(49)30(46)24(18)40/h2-11H,1H3. The van der Waals surface area contributed by atoms with E-state index in [9.17, 15) is 39.5 Å². The monoisotopic (exact) mass is 763 g/mol. The summed E-state index contributed by atoms with van der Waals surface area (Å²) < 4.78 is 236. The molecule has 0 unspecified atom stereocenters. The summed E-state index contributed by atoms with van der Waals surface area (Å²) in [5.74, 6) is -48.3. The third-order valence-corrected chi connectivity index (χ3v) is 8.20. The van der Waals surface area contributed by atoms with Gasteiger partial charge in [-0.15, -0.1) is 0 Å². The molecule has 0 aliphatic rings. The molecule has 20 heteroatoms. The highest BCUT2D eigenvalue weighted by molar-refractivity contribution is 7.07. The molecule has 1 aromatic heterocycles. The molecule has 0 spiro atoms. The Morgan fingerprint density at radius 1 is 0.509 bits per heavy atom. The molecule has 274 valence electrons. The van der Waals surface area contributed by atoms with Crippen LogP contribution in [0, 0.1) is 94.2 Å². The molecule has 0 aliphatic heterocycles. The maximum absolute atomic E-state index is 15.9. The Morgan fingerprint density at radius 2 is 0.887 bits per heavy atom. The van der Waals surface area contributed by atoms with Crippen LogP contribution in [0.5, 0.6) is 5.75 Å². The van der Waals surface area contributed by atoms with E-state index in [-0.39, 0.29) is 5.56 Å². The zero-order chi connectivity index (χ0) is 38.8. The highest BCUT2D eigenvalue weighted by Gasteiger charge is 2.51. The van der Waals surface area contributed by atoms with Crippen LogP contribution in [0.15, 0.2) is 61.2 Å². The van der Waals surface area contributed by atoms with Crippen LogP contribution >= 0.6 is 0 Å². The van der Waals surface area contributed by atoms with Crippen LogP contribution in [0.25, 0.3) is 11.4 Å². The molecule has 0 atom stereocenters. The predicted octanol–water partition coefficient (Wildman–Crippen LogP) is 6.59. The lowest BCUT2D eigenvalue weighted by atomic mass is 9.27. The molecule has 6 aromatic rings. The molecule has 0 radical (unpaired) electrons. The van der Waals surface area contributed by atoms with Crippen molar-refractivity contribution in [3.8, 4) is 17.1 Å². The molecule has 0 saturated carbocycles. The first kappa shape index (κ1) is 36.8. The van der Waals surface area contributed by atoms with E-state index in [1.807, 2.05) is 0 Å². The first-order chi connectivity index (χ1) is 24.9. The number of hydrogen-bond acceptors (Lipinski definition) is 2. The minimum atomic E-state index is -6.31. The summed E-state index contributed by atoms with van der Waals surface area (Å²) in [6, 6.07) is 10.5. The minimum Gasteiger partial charge on any atom is -0.700 e. The van der Waals surface area contributed by atoms with Crippen LogP contribution in [0.2, 0.25) is 0 Å². The first-order valence-corrected chi connectivity index (χ1v) is 14.5. The molecular weight excluding hydrogens is 750 g/mol. The van der Waals surface area contributed by atoms with E-state index in [1.54, 1.807) is 18.2 Å². The number of halogens is 15. The van der Waals surface area contributed by atoms with Gasteiger partial charge in [0.25, 0.3) is 12.7 Å². The number of nitrogens with zero attached hydrogens (tertiary/aromatic N) is 3. The lowest BCUT2D eigenvalue weighted by Gasteiger charge is -2.45. The second kappa shape index (κ2) is 13.2. The van der Waals surface area contributed by atoms with Gasteiger partial charge in [0.2, 0.25) is 6.33 Å². The summed E-state index contributed by atoms with van der Waals surface area (Å²) in [6.07, 6.45) is -4.26. The molecule has 0 bridgehead atoms. The van der Waals surface area contributed by atoms with Crippen LogP contribution in [-0.2, 0) is 0 Å². The summed E-state index contributed by atoms with van der Waals surface area (Å²) in [5.41, 5.74) is -8.70.